The van der Waals surface area contributed by atoms with E-state index in [2.05, 4.69) is 4.98 Å². The van der Waals surface area contributed by atoms with E-state index in [1.807, 2.05) is 42.5 Å². The topological polar surface area (TPSA) is 45.8 Å². The summed E-state index contributed by atoms with van der Waals surface area (Å²) in [6.45, 7) is 0. The third-order valence-electron chi connectivity index (χ3n) is 4.58. The summed E-state index contributed by atoms with van der Waals surface area (Å²) in [6, 6.07) is 10.1. The number of thiophene rings is 1. The third-order valence-corrected chi connectivity index (χ3v) is 5.76. The van der Waals surface area contributed by atoms with Crippen LogP contribution in [0.15, 0.2) is 35.1 Å². The maximum Gasteiger partial charge on any atom is 0.260 e. The Morgan fingerprint density at radius 2 is 1.79 bits per heavy atom. The molecule has 3 aromatic rings. The molecule has 1 aliphatic rings. The Kier molecular flexibility index (Phi) is 4.30. The molecule has 4 rings (SSSR count). The second kappa shape index (κ2) is 6.73. The first-order chi connectivity index (χ1) is 11.8. The van der Waals surface area contributed by atoms with Gasteiger partial charge < -0.3 is 4.98 Å². The Bertz CT molecular complexity index is 937. The van der Waals surface area contributed by atoms with Crippen LogP contribution < -0.4 is 5.56 Å². The number of hydrogen-bond acceptors (Lipinski definition) is 3. The van der Waals surface area contributed by atoms with Gasteiger partial charge in [0.15, 0.2) is 0 Å². The third kappa shape index (κ3) is 3.06. The molecule has 0 fully saturated rings. The lowest BCUT2D eigenvalue weighted by molar-refractivity contribution is 0.623. The molecule has 1 aliphatic carbocycles. The molecule has 1 aromatic carbocycles. The minimum Gasteiger partial charge on any atom is -0.306 e. The van der Waals surface area contributed by atoms with E-state index in [0.717, 1.165) is 28.6 Å². The molecule has 0 bridgehead atoms. The number of rotatable bonds is 2. The fraction of sp³-hybridized carbons (Fsp3) is 0.300. The zero-order chi connectivity index (χ0) is 16.4. The summed E-state index contributed by atoms with van der Waals surface area (Å²) < 4.78 is 0. The zero-order valence-corrected chi connectivity index (χ0v) is 14.4. The highest BCUT2D eigenvalue weighted by Gasteiger charge is 2.17. The predicted octanol–water partition coefficient (Wildman–Crippen LogP) is 4.81. The number of nitrogens with one attached hydrogen (secondary N) is 1. The fourth-order valence-electron chi connectivity index (χ4n) is 3.35. The number of aryl methyl sites for hydroxylation is 2. The lowest BCUT2D eigenvalue weighted by Gasteiger charge is -2.08. The molecule has 0 radical (unpaired) electrons. The van der Waals surface area contributed by atoms with Crippen molar-refractivity contribution in [3.8, 4) is 0 Å². The number of fused-ring (bicyclic) bond motifs is 3. The minimum atomic E-state index is 0.00536. The summed E-state index contributed by atoms with van der Waals surface area (Å²) in [6.07, 6.45) is 10.9. The molecule has 1 N–H and O–H groups in total. The molecular formula is C20H20N2OS. The van der Waals surface area contributed by atoms with Crippen LogP contribution in [0.25, 0.3) is 22.4 Å². The van der Waals surface area contributed by atoms with Crippen LogP contribution in [0, 0.1) is 0 Å². The van der Waals surface area contributed by atoms with Crippen molar-refractivity contribution in [2.75, 3.05) is 0 Å². The largest absolute Gasteiger partial charge is 0.306 e. The van der Waals surface area contributed by atoms with Gasteiger partial charge in [-0.05, 0) is 42.9 Å². The van der Waals surface area contributed by atoms with Crippen molar-refractivity contribution in [1.29, 1.82) is 0 Å². The van der Waals surface area contributed by atoms with Crippen molar-refractivity contribution in [3.63, 3.8) is 0 Å². The van der Waals surface area contributed by atoms with Crippen LogP contribution in [0.3, 0.4) is 0 Å². The SMILES string of the molecule is O=c1[nH]c(/C=C/c2ccccc2)nc2sc3c(c12)CCCCCC3. The normalized spacial score (nSPS) is 15.3. The monoisotopic (exact) mass is 336 g/mol. The Morgan fingerprint density at radius 1 is 1.00 bits per heavy atom. The number of nitrogens with zero attached hydrogens (tertiary/aromatic N) is 1. The van der Waals surface area contributed by atoms with E-state index in [1.165, 1.54) is 36.1 Å². The molecule has 3 nitrogen and oxygen atoms in total. The number of hydrogen-bond donors (Lipinski definition) is 1. The molecule has 0 aliphatic heterocycles. The molecule has 0 unspecified atom stereocenters. The standard InChI is InChI=1S/C20H20N2OS/c23-19-18-15-10-6-1-2-7-11-16(15)24-20(18)22-17(21-19)13-12-14-8-4-3-5-9-14/h3-5,8-9,12-13H,1-2,6-7,10-11H2,(H,21,22,23)/b13-12+. The minimum absolute atomic E-state index is 0.00536. The number of H-pyrrole nitrogens is 1. The van der Waals surface area contributed by atoms with Crippen LogP contribution in [-0.4, -0.2) is 9.97 Å². The highest BCUT2D eigenvalue weighted by molar-refractivity contribution is 7.18. The van der Waals surface area contributed by atoms with Gasteiger partial charge in [0.1, 0.15) is 10.7 Å². The molecular weight excluding hydrogens is 316 g/mol. The van der Waals surface area contributed by atoms with Crippen molar-refractivity contribution in [2.24, 2.45) is 0 Å². The predicted molar refractivity (Wildman–Crippen MR) is 101 cm³/mol. The maximum absolute atomic E-state index is 12.6. The summed E-state index contributed by atoms with van der Waals surface area (Å²) in [5.74, 6) is 0.630. The Morgan fingerprint density at radius 3 is 2.62 bits per heavy atom. The molecule has 2 aromatic heterocycles. The van der Waals surface area contributed by atoms with Crippen molar-refractivity contribution >= 4 is 33.7 Å². The zero-order valence-electron chi connectivity index (χ0n) is 13.5. The van der Waals surface area contributed by atoms with Crippen LogP contribution in [0.4, 0.5) is 0 Å². The second-order valence-electron chi connectivity index (χ2n) is 6.29. The van der Waals surface area contributed by atoms with Gasteiger partial charge in [0.25, 0.3) is 5.56 Å². The second-order valence-corrected chi connectivity index (χ2v) is 7.38. The first-order valence-corrected chi connectivity index (χ1v) is 9.40. The first kappa shape index (κ1) is 15.3. The van der Waals surface area contributed by atoms with E-state index in [9.17, 15) is 4.79 Å². The molecule has 0 saturated carbocycles. The van der Waals surface area contributed by atoms with E-state index >= 15 is 0 Å². The number of aromatic nitrogens is 2. The lowest BCUT2D eigenvalue weighted by Crippen LogP contribution is -2.10. The van der Waals surface area contributed by atoms with Gasteiger partial charge >= 0.3 is 0 Å². The lowest BCUT2D eigenvalue weighted by atomic mass is 9.98. The highest BCUT2D eigenvalue weighted by Crippen LogP contribution is 2.32. The van der Waals surface area contributed by atoms with E-state index < -0.39 is 0 Å². The van der Waals surface area contributed by atoms with Crippen molar-refractivity contribution < 1.29 is 0 Å². The Labute approximate surface area is 145 Å². The van der Waals surface area contributed by atoms with Crippen molar-refractivity contribution in [3.05, 3.63) is 62.5 Å². The van der Waals surface area contributed by atoms with Crippen LogP contribution in [-0.2, 0) is 12.8 Å². The average molecular weight is 336 g/mol. The van der Waals surface area contributed by atoms with Crippen LogP contribution in [0.1, 0.15) is 47.5 Å². The van der Waals surface area contributed by atoms with Gasteiger partial charge in [-0.25, -0.2) is 4.98 Å². The van der Waals surface area contributed by atoms with Gasteiger partial charge in [-0.3, -0.25) is 4.79 Å². The summed E-state index contributed by atoms with van der Waals surface area (Å²) in [7, 11) is 0. The number of benzene rings is 1. The van der Waals surface area contributed by atoms with Gasteiger partial charge in [-0.1, -0.05) is 49.2 Å². The van der Waals surface area contributed by atoms with Gasteiger partial charge in [0.2, 0.25) is 0 Å². The van der Waals surface area contributed by atoms with Gasteiger partial charge in [0.05, 0.1) is 5.39 Å². The molecule has 122 valence electrons. The van der Waals surface area contributed by atoms with Crippen LogP contribution in [0.5, 0.6) is 0 Å². The summed E-state index contributed by atoms with van der Waals surface area (Å²) >= 11 is 1.71. The molecule has 2 heterocycles. The van der Waals surface area contributed by atoms with Gasteiger partial charge in [0, 0.05) is 4.88 Å². The van der Waals surface area contributed by atoms with Crippen LogP contribution in [0.2, 0.25) is 0 Å². The van der Waals surface area contributed by atoms with E-state index in [-0.39, 0.29) is 5.56 Å². The van der Waals surface area contributed by atoms with Gasteiger partial charge in [-0.15, -0.1) is 11.3 Å². The van der Waals surface area contributed by atoms with Crippen LogP contribution >= 0.6 is 11.3 Å². The average Bonchev–Trinajstić information content (AvgIpc) is 2.91. The summed E-state index contributed by atoms with van der Waals surface area (Å²) in [4.78, 5) is 22.5. The van der Waals surface area contributed by atoms with E-state index in [4.69, 9.17) is 4.98 Å². The summed E-state index contributed by atoms with van der Waals surface area (Å²) in [5.41, 5.74) is 2.35. The van der Waals surface area contributed by atoms with Crippen molar-refractivity contribution in [2.45, 2.75) is 38.5 Å². The fourth-order valence-corrected chi connectivity index (χ4v) is 4.62. The first-order valence-electron chi connectivity index (χ1n) is 8.59. The summed E-state index contributed by atoms with van der Waals surface area (Å²) in [5, 5.41) is 0.828. The van der Waals surface area contributed by atoms with Crippen molar-refractivity contribution in [1.82, 2.24) is 9.97 Å². The Balaban J connectivity index is 1.75. The molecule has 0 atom stereocenters. The molecule has 0 saturated heterocycles. The maximum atomic E-state index is 12.6. The van der Waals surface area contributed by atoms with Gasteiger partial charge in [-0.2, -0.15) is 0 Å². The smallest absolute Gasteiger partial charge is 0.260 e. The van der Waals surface area contributed by atoms with E-state index in [1.54, 1.807) is 11.3 Å². The molecule has 4 heteroatoms. The molecule has 24 heavy (non-hydrogen) atoms. The van der Waals surface area contributed by atoms with E-state index in [0.29, 0.717) is 5.82 Å². The number of aromatic amines is 1. The quantitative estimate of drug-likeness (QED) is 0.729. The highest BCUT2D eigenvalue weighted by atomic mass is 32.1. The Hall–Kier alpha value is -2.20. The molecule has 0 amide bonds. The molecule has 0 spiro atoms.